The van der Waals surface area contributed by atoms with Crippen LogP contribution in [0.5, 0.6) is 11.5 Å². The largest absolute Gasteiger partial charge is 0.503 e. The molecule has 0 aliphatic rings. The van der Waals surface area contributed by atoms with Crippen LogP contribution >= 0.6 is 15.9 Å². The first-order valence-corrected chi connectivity index (χ1v) is 10.6. The van der Waals surface area contributed by atoms with Gasteiger partial charge in [-0.15, -0.1) is 0 Å². The number of benzene rings is 3. The van der Waals surface area contributed by atoms with Crippen molar-refractivity contribution >= 4 is 39.6 Å². The summed E-state index contributed by atoms with van der Waals surface area (Å²) in [5, 5.41) is 16.8. The number of halogens is 1. The summed E-state index contributed by atoms with van der Waals surface area (Å²) in [6.07, 6.45) is 1.43. The Morgan fingerprint density at radius 3 is 2.47 bits per heavy atom. The molecule has 0 atom stereocenters. The molecule has 164 valence electrons. The highest BCUT2D eigenvalue weighted by Crippen LogP contribution is 2.35. The molecular weight excluding hydrogens is 474 g/mol. The lowest BCUT2D eigenvalue weighted by Crippen LogP contribution is -2.21. The lowest BCUT2D eigenvalue weighted by Gasteiger charge is -2.11. The number of rotatable bonds is 7. The van der Waals surface area contributed by atoms with E-state index in [1.54, 1.807) is 48.5 Å². The quantitative estimate of drug-likeness (QED) is 0.321. The second-order valence-corrected chi connectivity index (χ2v) is 7.65. The smallest absolute Gasteiger partial charge is 0.273 e. The van der Waals surface area contributed by atoms with Crippen molar-refractivity contribution in [3.63, 3.8) is 0 Å². The highest BCUT2D eigenvalue weighted by atomic mass is 79.9. The van der Waals surface area contributed by atoms with Crippen LogP contribution in [0.25, 0.3) is 0 Å². The minimum absolute atomic E-state index is 0.00800. The second kappa shape index (κ2) is 10.6. The maximum Gasteiger partial charge on any atom is 0.273 e. The maximum absolute atomic E-state index is 12.7. The van der Waals surface area contributed by atoms with Gasteiger partial charge in [0.05, 0.1) is 28.5 Å². The molecule has 0 saturated carbocycles. The molecule has 8 heteroatoms. The molecule has 0 heterocycles. The Morgan fingerprint density at radius 2 is 1.75 bits per heavy atom. The number of para-hydroxylation sites is 1. The van der Waals surface area contributed by atoms with Gasteiger partial charge >= 0.3 is 0 Å². The minimum atomic E-state index is -0.482. The molecule has 7 nitrogen and oxygen atoms in total. The van der Waals surface area contributed by atoms with E-state index < -0.39 is 5.91 Å². The lowest BCUT2D eigenvalue weighted by molar-refractivity contribution is 0.0956. The molecule has 3 aromatic carbocycles. The number of hydrazone groups is 1. The van der Waals surface area contributed by atoms with Crippen LogP contribution in [-0.2, 0) is 0 Å². The predicted octanol–water partition coefficient (Wildman–Crippen LogP) is 4.88. The van der Waals surface area contributed by atoms with Crippen molar-refractivity contribution in [2.75, 3.05) is 11.9 Å². The zero-order valence-corrected chi connectivity index (χ0v) is 19.1. The van der Waals surface area contributed by atoms with E-state index >= 15 is 0 Å². The molecule has 0 aromatic heterocycles. The van der Waals surface area contributed by atoms with Crippen LogP contribution in [-0.4, -0.2) is 29.7 Å². The first-order chi connectivity index (χ1) is 15.4. The predicted molar refractivity (Wildman–Crippen MR) is 128 cm³/mol. The van der Waals surface area contributed by atoms with Crippen LogP contribution in [0.15, 0.2) is 70.2 Å². The molecule has 0 fully saturated rings. The van der Waals surface area contributed by atoms with Gasteiger partial charge < -0.3 is 15.2 Å². The molecule has 0 spiro atoms. The Bertz CT molecular complexity index is 1180. The van der Waals surface area contributed by atoms with Crippen molar-refractivity contribution in [1.29, 1.82) is 0 Å². The number of anilines is 1. The van der Waals surface area contributed by atoms with E-state index in [1.807, 2.05) is 26.0 Å². The first-order valence-electron chi connectivity index (χ1n) is 9.85. The Morgan fingerprint density at radius 1 is 1.06 bits per heavy atom. The average molecular weight is 496 g/mol. The fourth-order valence-electron chi connectivity index (χ4n) is 2.97. The molecule has 3 N–H and O–H groups in total. The minimum Gasteiger partial charge on any atom is -0.503 e. The number of carbonyl (C=O) groups excluding carboxylic acids is 2. The molecule has 2 amide bonds. The third kappa shape index (κ3) is 5.53. The van der Waals surface area contributed by atoms with Gasteiger partial charge in [0.25, 0.3) is 11.8 Å². The van der Waals surface area contributed by atoms with E-state index in [2.05, 4.69) is 31.8 Å². The van der Waals surface area contributed by atoms with Gasteiger partial charge in [0, 0.05) is 5.56 Å². The molecular formula is C24H22BrN3O4. The number of hydrogen-bond donors (Lipinski definition) is 3. The summed E-state index contributed by atoms with van der Waals surface area (Å²) in [4.78, 5) is 25.3. The van der Waals surface area contributed by atoms with Crippen LogP contribution in [0, 0.1) is 6.92 Å². The number of carbonyl (C=O) groups is 2. The van der Waals surface area contributed by atoms with E-state index in [9.17, 15) is 14.7 Å². The third-order valence-electron chi connectivity index (χ3n) is 4.54. The highest BCUT2D eigenvalue weighted by molar-refractivity contribution is 9.10. The topological polar surface area (TPSA) is 100 Å². The van der Waals surface area contributed by atoms with E-state index in [4.69, 9.17) is 4.74 Å². The number of hydrogen-bond acceptors (Lipinski definition) is 5. The summed E-state index contributed by atoms with van der Waals surface area (Å²) in [6, 6.07) is 17.2. The number of aryl methyl sites for hydroxylation is 1. The Kier molecular flexibility index (Phi) is 7.62. The summed E-state index contributed by atoms with van der Waals surface area (Å²) >= 11 is 3.26. The molecule has 0 saturated heterocycles. The zero-order chi connectivity index (χ0) is 23.1. The summed E-state index contributed by atoms with van der Waals surface area (Å²) in [5.74, 6) is -0.487. The van der Waals surface area contributed by atoms with E-state index in [0.29, 0.717) is 33.6 Å². The number of aromatic hydroxyl groups is 1. The van der Waals surface area contributed by atoms with Crippen LogP contribution < -0.4 is 15.5 Å². The van der Waals surface area contributed by atoms with Crippen molar-refractivity contribution < 1.29 is 19.4 Å². The first kappa shape index (κ1) is 23.0. The number of nitrogens with zero attached hydrogens (tertiary/aromatic N) is 1. The van der Waals surface area contributed by atoms with Crippen LogP contribution in [0.2, 0.25) is 0 Å². The second-order valence-electron chi connectivity index (χ2n) is 6.80. The number of nitrogens with one attached hydrogen (secondary N) is 2. The Labute approximate surface area is 194 Å². The third-order valence-corrected chi connectivity index (χ3v) is 5.14. The molecule has 0 radical (unpaired) electrons. The normalized spacial score (nSPS) is 10.7. The summed E-state index contributed by atoms with van der Waals surface area (Å²) in [5.41, 5.74) is 5.08. The van der Waals surface area contributed by atoms with Crippen LogP contribution in [0.3, 0.4) is 0 Å². The highest BCUT2D eigenvalue weighted by Gasteiger charge is 2.15. The van der Waals surface area contributed by atoms with Crippen molar-refractivity contribution in [3.8, 4) is 11.5 Å². The van der Waals surface area contributed by atoms with E-state index in [-0.39, 0.29) is 17.2 Å². The SMILES string of the molecule is CCOc1cc(C=NNC(=O)c2ccccc2NC(=O)c2ccccc2C)cc(Br)c1O. The average Bonchev–Trinajstić information content (AvgIpc) is 2.77. The monoisotopic (exact) mass is 495 g/mol. The van der Waals surface area contributed by atoms with Gasteiger partial charge in [-0.05, 0) is 71.2 Å². The Hall–Kier alpha value is -3.65. The number of ether oxygens (including phenoxy) is 1. The summed E-state index contributed by atoms with van der Waals surface area (Å²) < 4.78 is 5.83. The standard InChI is InChI=1S/C24H22BrN3O4/c1-3-32-21-13-16(12-19(25)22(21)29)14-26-28-24(31)18-10-6-7-11-20(18)27-23(30)17-9-5-4-8-15(17)2/h4-14,29H,3H2,1-2H3,(H,27,30)(H,28,31). The molecule has 0 unspecified atom stereocenters. The maximum atomic E-state index is 12.7. The van der Waals surface area contributed by atoms with Crippen molar-refractivity contribution in [2.45, 2.75) is 13.8 Å². The fraction of sp³-hybridized carbons (Fsp3) is 0.125. The van der Waals surface area contributed by atoms with Gasteiger partial charge in [0.2, 0.25) is 0 Å². The van der Waals surface area contributed by atoms with Gasteiger partial charge in [-0.1, -0.05) is 30.3 Å². The number of amides is 2. The molecule has 0 aliphatic carbocycles. The van der Waals surface area contributed by atoms with E-state index in [1.165, 1.54) is 6.21 Å². The van der Waals surface area contributed by atoms with E-state index in [0.717, 1.165) is 5.56 Å². The lowest BCUT2D eigenvalue weighted by atomic mass is 10.1. The van der Waals surface area contributed by atoms with Gasteiger partial charge in [0.1, 0.15) is 0 Å². The van der Waals surface area contributed by atoms with Crippen molar-refractivity contribution in [1.82, 2.24) is 5.43 Å². The molecule has 3 rings (SSSR count). The van der Waals surface area contributed by atoms with Gasteiger partial charge in [0.15, 0.2) is 11.5 Å². The van der Waals surface area contributed by atoms with Gasteiger partial charge in [-0.25, -0.2) is 5.43 Å². The van der Waals surface area contributed by atoms with Crippen molar-refractivity contribution in [3.05, 3.63) is 87.4 Å². The fourth-order valence-corrected chi connectivity index (χ4v) is 3.43. The number of phenols is 1. The zero-order valence-electron chi connectivity index (χ0n) is 17.6. The van der Waals surface area contributed by atoms with Gasteiger partial charge in [-0.2, -0.15) is 5.10 Å². The number of phenolic OH excluding ortho intramolecular Hbond substituents is 1. The molecule has 32 heavy (non-hydrogen) atoms. The Balaban J connectivity index is 1.74. The summed E-state index contributed by atoms with van der Waals surface area (Å²) in [7, 11) is 0. The summed E-state index contributed by atoms with van der Waals surface area (Å²) in [6.45, 7) is 4.05. The van der Waals surface area contributed by atoms with Crippen molar-refractivity contribution in [2.24, 2.45) is 5.10 Å². The molecule has 3 aromatic rings. The van der Waals surface area contributed by atoms with Crippen LogP contribution in [0.4, 0.5) is 5.69 Å². The van der Waals surface area contributed by atoms with Gasteiger partial charge in [-0.3, -0.25) is 9.59 Å². The van der Waals surface area contributed by atoms with Crippen LogP contribution in [0.1, 0.15) is 38.8 Å². The molecule has 0 bridgehead atoms. The molecule has 0 aliphatic heterocycles.